The van der Waals surface area contributed by atoms with Crippen LogP contribution in [-0.4, -0.2) is 15.0 Å². The van der Waals surface area contributed by atoms with Crippen molar-refractivity contribution in [3.63, 3.8) is 0 Å². The van der Waals surface area contributed by atoms with Gasteiger partial charge in [-0.05, 0) is 18.2 Å². The minimum atomic E-state index is -0.422. The molecule has 0 unspecified atom stereocenters. The monoisotopic (exact) mass is 306 g/mol. The fourth-order valence-electron chi connectivity index (χ4n) is 1.80. The summed E-state index contributed by atoms with van der Waals surface area (Å²) < 4.78 is 14.5. The second kappa shape index (κ2) is 4.06. The van der Waals surface area contributed by atoms with Gasteiger partial charge in [0.1, 0.15) is 11.3 Å². The molecule has 3 rings (SSSR count). The maximum Gasteiger partial charge on any atom is 0.152 e. The number of fused-ring (bicyclic) bond motifs is 1. The largest absolute Gasteiger partial charge is 0.397 e. The van der Waals surface area contributed by atoms with Crippen LogP contribution in [0.5, 0.6) is 0 Å². The van der Waals surface area contributed by atoms with Crippen molar-refractivity contribution in [3.05, 3.63) is 40.9 Å². The lowest BCUT2D eigenvalue weighted by molar-refractivity contribution is 0.624. The molecule has 0 spiro atoms. The summed E-state index contributed by atoms with van der Waals surface area (Å²) in [7, 11) is 0. The number of hydrogen-bond acceptors (Lipinski definition) is 3. The number of rotatable bonds is 1. The van der Waals surface area contributed by atoms with Crippen LogP contribution in [0, 0.1) is 5.82 Å². The molecule has 0 atom stereocenters. The molecule has 1 aromatic carbocycles. The SMILES string of the molecule is Nc1cc(Br)cc2[nH]c(-c3ccncc3F)nc12. The number of halogens is 2. The average molecular weight is 307 g/mol. The molecule has 6 heteroatoms. The number of nitrogens with two attached hydrogens (primary N) is 1. The lowest BCUT2D eigenvalue weighted by atomic mass is 10.2. The first-order valence-corrected chi connectivity index (χ1v) is 5.99. The molecule has 4 nitrogen and oxygen atoms in total. The number of hydrogen-bond donors (Lipinski definition) is 2. The van der Waals surface area contributed by atoms with Gasteiger partial charge in [-0.1, -0.05) is 15.9 Å². The number of nitrogen functional groups attached to an aromatic ring is 1. The van der Waals surface area contributed by atoms with Crippen LogP contribution in [0.25, 0.3) is 22.4 Å². The Morgan fingerprint density at radius 2 is 2.17 bits per heavy atom. The van der Waals surface area contributed by atoms with E-state index < -0.39 is 5.82 Å². The van der Waals surface area contributed by atoms with E-state index in [1.54, 1.807) is 12.1 Å². The first-order chi connectivity index (χ1) is 8.65. The summed E-state index contributed by atoms with van der Waals surface area (Å²) in [6, 6.07) is 5.18. The molecule has 0 aliphatic heterocycles. The number of nitrogens with one attached hydrogen (secondary N) is 1. The molecule has 0 aliphatic rings. The third-order valence-corrected chi connectivity index (χ3v) is 3.07. The van der Waals surface area contributed by atoms with Crippen LogP contribution in [0.15, 0.2) is 35.1 Å². The van der Waals surface area contributed by atoms with E-state index in [0.717, 1.165) is 16.2 Å². The lowest BCUT2D eigenvalue weighted by Gasteiger charge is -1.96. The van der Waals surface area contributed by atoms with Gasteiger partial charge in [-0.2, -0.15) is 0 Å². The highest BCUT2D eigenvalue weighted by atomic mass is 79.9. The molecule has 0 radical (unpaired) electrons. The van der Waals surface area contributed by atoms with E-state index in [1.807, 2.05) is 6.07 Å². The molecule has 3 N–H and O–H groups in total. The Kier molecular flexibility index (Phi) is 2.52. The molecule has 0 saturated heterocycles. The Morgan fingerprint density at radius 3 is 2.94 bits per heavy atom. The van der Waals surface area contributed by atoms with Crippen LogP contribution in [-0.2, 0) is 0 Å². The molecule has 3 aromatic rings. The van der Waals surface area contributed by atoms with E-state index in [1.165, 1.54) is 6.20 Å². The van der Waals surface area contributed by atoms with Crippen molar-refractivity contribution >= 4 is 32.7 Å². The zero-order chi connectivity index (χ0) is 12.7. The number of aromatic nitrogens is 3. The van der Waals surface area contributed by atoms with Crippen molar-refractivity contribution in [2.45, 2.75) is 0 Å². The van der Waals surface area contributed by atoms with Crippen molar-refractivity contribution in [1.29, 1.82) is 0 Å². The Hall–Kier alpha value is -1.95. The Balaban J connectivity index is 2.26. The van der Waals surface area contributed by atoms with Gasteiger partial charge in [-0.15, -0.1) is 0 Å². The molecule has 0 amide bonds. The van der Waals surface area contributed by atoms with Crippen molar-refractivity contribution < 1.29 is 4.39 Å². The van der Waals surface area contributed by atoms with Crippen LogP contribution in [0.1, 0.15) is 0 Å². The maximum absolute atomic E-state index is 13.6. The van der Waals surface area contributed by atoms with E-state index in [0.29, 0.717) is 22.6 Å². The Morgan fingerprint density at radius 1 is 1.33 bits per heavy atom. The van der Waals surface area contributed by atoms with Gasteiger partial charge >= 0.3 is 0 Å². The van der Waals surface area contributed by atoms with Gasteiger partial charge in [-0.3, -0.25) is 4.98 Å². The third-order valence-electron chi connectivity index (χ3n) is 2.61. The topological polar surface area (TPSA) is 67.6 Å². The van der Waals surface area contributed by atoms with Gasteiger partial charge in [-0.25, -0.2) is 9.37 Å². The highest BCUT2D eigenvalue weighted by Crippen LogP contribution is 2.28. The standard InChI is InChI=1S/C12H8BrFN4/c13-6-3-9(15)11-10(4-6)17-12(18-11)7-1-2-16-5-8(7)14/h1-5H,15H2,(H,17,18). The molecule has 0 fully saturated rings. The van der Waals surface area contributed by atoms with E-state index >= 15 is 0 Å². The van der Waals surface area contributed by atoms with E-state index in [4.69, 9.17) is 5.73 Å². The van der Waals surface area contributed by atoms with Crippen molar-refractivity contribution in [1.82, 2.24) is 15.0 Å². The van der Waals surface area contributed by atoms with Crippen LogP contribution < -0.4 is 5.73 Å². The molecule has 0 saturated carbocycles. The number of benzene rings is 1. The van der Waals surface area contributed by atoms with Gasteiger partial charge in [0.25, 0.3) is 0 Å². The maximum atomic E-state index is 13.6. The average Bonchev–Trinajstić information content (AvgIpc) is 2.73. The molecule has 90 valence electrons. The fourth-order valence-corrected chi connectivity index (χ4v) is 2.28. The van der Waals surface area contributed by atoms with Crippen molar-refractivity contribution in [2.24, 2.45) is 0 Å². The fraction of sp³-hybridized carbons (Fsp3) is 0. The molecule has 0 bridgehead atoms. The predicted molar refractivity (Wildman–Crippen MR) is 71.4 cm³/mol. The highest BCUT2D eigenvalue weighted by molar-refractivity contribution is 9.10. The Bertz CT molecular complexity index is 738. The van der Waals surface area contributed by atoms with E-state index in [9.17, 15) is 4.39 Å². The molecular formula is C12H8BrFN4. The second-order valence-corrected chi connectivity index (χ2v) is 4.75. The second-order valence-electron chi connectivity index (χ2n) is 3.83. The number of pyridine rings is 1. The van der Waals surface area contributed by atoms with E-state index in [2.05, 4.69) is 30.9 Å². The van der Waals surface area contributed by atoms with Gasteiger partial charge in [0.05, 0.1) is 23.0 Å². The summed E-state index contributed by atoms with van der Waals surface area (Å²) in [4.78, 5) is 11.1. The van der Waals surface area contributed by atoms with E-state index in [-0.39, 0.29) is 0 Å². The number of nitrogens with zero attached hydrogens (tertiary/aromatic N) is 2. The normalized spacial score (nSPS) is 11.0. The number of anilines is 1. The Labute approximate surface area is 110 Å². The summed E-state index contributed by atoms with van der Waals surface area (Å²) in [5.41, 5.74) is 8.16. The van der Waals surface area contributed by atoms with Gasteiger partial charge in [0.15, 0.2) is 5.82 Å². The van der Waals surface area contributed by atoms with Gasteiger partial charge in [0.2, 0.25) is 0 Å². The van der Waals surface area contributed by atoms with Crippen molar-refractivity contribution in [3.8, 4) is 11.4 Å². The smallest absolute Gasteiger partial charge is 0.152 e. The van der Waals surface area contributed by atoms with Crippen LogP contribution in [0.2, 0.25) is 0 Å². The minimum absolute atomic E-state index is 0.372. The first kappa shape index (κ1) is 11.2. The molecule has 0 aliphatic carbocycles. The first-order valence-electron chi connectivity index (χ1n) is 5.20. The molecule has 2 heterocycles. The molecular weight excluding hydrogens is 299 g/mol. The van der Waals surface area contributed by atoms with Gasteiger partial charge in [0, 0.05) is 10.7 Å². The quantitative estimate of drug-likeness (QED) is 0.679. The van der Waals surface area contributed by atoms with Crippen LogP contribution in [0.3, 0.4) is 0 Å². The van der Waals surface area contributed by atoms with Crippen LogP contribution in [0.4, 0.5) is 10.1 Å². The predicted octanol–water partition coefficient (Wildman–Crippen LogP) is 3.11. The third kappa shape index (κ3) is 1.74. The highest BCUT2D eigenvalue weighted by Gasteiger charge is 2.11. The zero-order valence-corrected chi connectivity index (χ0v) is 10.7. The lowest BCUT2D eigenvalue weighted by Crippen LogP contribution is -1.88. The van der Waals surface area contributed by atoms with Crippen molar-refractivity contribution in [2.75, 3.05) is 5.73 Å². The molecule has 2 aromatic heterocycles. The van der Waals surface area contributed by atoms with Crippen LogP contribution >= 0.6 is 15.9 Å². The number of aromatic amines is 1. The summed E-state index contributed by atoms with van der Waals surface area (Å²) in [5, 5.41) is 0. The molecule has 18 heavy (non-hydrogen) atoms. The summed E-state index contributed by atoms with van der Waals surface area (Å²) >= 11 is 3.35. The minimum Gasteiger partial charge on any atom is -0.397 e. The summed E-state index contributed by atoms with van der Waals surface area (Å²) in [6.45, 7) is 0. The van der Waals surface area contributed by atoms with Gasteiger partial charge < -0.3 is 10.7 Å². The summed E-state index contributed by atoms with van der Waals surface area (Å²) in [6.07, 6.45) is 2.67. The summed E-state index contributed by atoms with van der Waals surface area (Å²) in [5.74, 6) is 0.0175. The zero-order valence-electron chi connectivity index (χ0n) is 9.11. The number of imidazole rings is 1. The number of H-pyrrole nitrogens is 1.